The Kier molecular flexibility index (Phi) is 5.32. The number of carbonyl (C=O) groups excluding carboxylic acids is 2. The number of fused-ring (bicyclic) bond motifs is 1. The fraction of sp³-hybridized carbons (Fsp3) is 0.389. The molecule has 1 aromatic carbocycles. The first-order chi connectivity index (χ1) is 10.9. The van der Waals surface area contributed by atoms with Gasteiger partial charge in [0.2, 0.25) is 0 Å². The SMILES string of the molecule is CC(C)(C)OC(=O)NC[C@@H](C=O)Cc1ccc2ccccc2n1. The smallest absolute Gasteiger partial charge is 0.407 e. The summed E-state index contributed by atoms with van der Waals surface area (Å²) >= 11 is 0. The van der Waals surface area contributed by atoms with Crippen LogP contribution in [0.25, 0.3) is 10.9 Å². The van der Waals surface area contributed by atoms with Gasteiger partial charge in [-0.25, -0.2) is 4.79 Å². The summed E-state index contributed by atoms with van der Waals surface area (Å²) in [6.45, 7) is 5.61. The lowest BCUT2D eigenvalue weighted by molar-refractivity contribution is -0.110. The zero-order valence-corrected chi connectivity index (χ0v) is 13.7. The zero-order chi connectivity index (χ0) is 16.9. The van der Waals surface area contributed by atoms with Gasteiger partial charge in [-0.15, -0.1) is 0 Å². The molecule has 122 valence electrons. The molecule has 0 fully saturated rings. The van der Waals surface area contributed by atoms with Gasteiger partial charge in [0.1, 0.15) is 11.9 Å². The second-order valence-corrected chi connectivity index (χ2v) is 6.48. The molecule has 2 aromatic rings. The lowest BCUT2D eigenvalue weighted by Crippen LogP contribution is -2.36. The molecule has 5 nitrogen and oxygen atoms in total. The van der Waals surface area contributed by atoms with Gasteiger partial charge in [-0.3, -0.25) is 4.98 Å². The molecule has 0 saturated carbocycles. The summed E-state index contributed by atoms with van der Waals surface area (Å²) in [4.78, 5) is 27.4. The number of pyridine rings is 1. The monoisotopic (exact) mass is 314 g/mol. The van der Waals surface area contributed by atoms with Crippen molar-refractivity contribution >= 4 is 23.3 Å². The maximum absolute atomic E-state index is 11.6. The number of carbonyl (C=O) groups is 2. The number of hydrogen-bond acceptors (Lipinski definition) is 4. The van der Waals surface area contributed by atoms with E-state index < -0.39 is 11.7 Å². The largest absolute Gasteiger partial charge is 0.444 e. The molecule has 0 spiro atoms. The molecular weight excluding hydrogens is 292 g/mol. The molecule has 0 saturated heterocycles. The van der Waals surface area contributed by atoms with Crippen molar-refractivity contribution in [3.8, 4) is 0 Å². The van der Waals surface area contributed by atoms with Crippen molar-refractivity contribution in [3.63, 3.8) is 0 Å². The minimum Gasteiger partial charge on any atom is -0.444 e. The molecule has 0 aliphatic heterocycles. The first-order valence-corrected chi connectivity index (χ1v) is 7.64. The van der Waals surface area contributed by atoms with E-state index in [1.54, 1.807) is 20.8 Å². The van der Waals surface area contributed by atoms with Crippen LogP contribution in [-0.2, 0) is 16.0 Å². The van der Waals surface area contributed by atoms with Crippen LogP contribution in [0, 0.1) is 5.92 Å². The van der Waals surface area contributed by atoms with Crippen LogP contribution in [0.2, 0.25) is 0 Å². The highest BCUT2D eigenvalue weighted by Gasteiger charge is 2.17. The summed E-state index contributed by atoms with van der Waals surface area (Å²) < 4.78 is 5.16. The van der Waals surface area contributed by atoms with Gasteiger partial charge >= 0.3 is 6.09 Å². The molecule has 23 heavy (non-hydrogen) atoms. The van der Waals surface area contributed by atoms with Gasteiger partial charge in [0.05, 0.1) is 5.52 Å². The van der Waals surface area contributed by atoms with E-state index in [4.69, 9.17) is 4.74 Å². The number of para-hydroxylation sites is 1. The van der Waals surface area contributed by atoms with E-state index >= 15 is 0 Å². The number of hydrogen-bond donors (Lipinski definition) is 1. The van der Waals surface area contributed by atoms with E-state index in [0.717, 1.165) is 22.9 Å². The minimum atomic E-state index is -0.555. The number of nitrogens with zero attached hydrogens (tertiary/aromatic N) is 1. The Morgan fingerprint density at radius 1 is 1.26 bits per heavy atom. The second-order valence-electron chi connectivity index (χ2n) is 6.48. The number of ether oxygens (including phenoxy) is 1. The summed E-state index contributed by atoms with van der Waals surface area (Å²) in [6.07, 6.45) is 0.800. The molecule has 0 bridgehead atoms. The average Bonchev–Trinajstić information content (AvgIpc) is 2.49. The first kappa shape index (κ1) is 16.9. The Morgan fingerprint density at radius 3 is 2.70 bits per heavy atom. The number of rotatable bonds is 5. The van der Waals surface area contributed by atoms with Crippen LogP contribution in [0.1, 0.15) is 26.5 Å². The molecule has 1 amide bonds. The fourth-order valence-corrected chi connectivity index (χ4v) is 2.19. The van der Waals surface area contributed by atoms with Crippen LogP contribution in [0.4, 0.5) is 4.79 Å². The molecule has 1 heterocycles. The van der Waals surface area contributed by atoms with Crippen LogP contribution in [-0.4, -0.2) is 29.5 Å². The molecule has 1 atom stereocenters. The Labute approximate surface area is 136 Å². The van der Waals surface area contributed by atoms with Crippen molar-refractivity contribution in [1.29, 1.82) is 0 Å². The molecule has 2 rings (SSSR count). The first-order valence-electron chi connectivity index (χ1n) is 7.64. The van der Waals surface area contributed by atoms with E-state index in [1.807, 2.05) is 36.4 Å². The predicted octanol–water partition coefficient (Wildman–Crippen LogP) is 3.12. The third kappa shape index (κ3) is 5.36. The van der Waals surface area contributed by atoms with Crippen molar-refractivity contribution in [2.24, 2.45) is 5.92 Å². The Bertz CT molecular complexity index is 692. The van der Waals surface area contributed by atoms with Gasteiger partial charge in [-0.2, -0.15) is 0 Å². The van der Waals surface area contributed by atoms with E-state index in [0.29, 0.717) is 6.42 Å². The van der Waals surface area contributed by atoms with Gasteiger partial charge in [0.15, 0.2) is 0 Å². The average molecular weight is 314 g/mol. The van der Waals surface area contributed by atoms with Gasteiger partial charge in [-0.05, 0) is 32.9 Å². The summed E-state index contributed by atoms with van der Waals surface area (Å²) in [7, 11) is 0. The number of nitrogens with one attached hydrogen (secondary N) is 1. The lowest BCUT2D eigenvalue weighted by atomic mass is 10.0. The van der Waals surface area contributed by atoms with Crippen LogP contribution in [0.3, 0.4) is 0 Å². The van der Waals surface area contributed by atoms with Crippen LogP contribution in [0.15, 0.2) is 36.4 Å². The van der Waals surface area contributed by atoms with Gasteiger partial charge in [0, 0.05) is 30.0 Å². The quantitative estimate of drug-likeness (QED) is 0.861. The Balaban J connectivity index is 1.95. The predicted molar refractivity (Wildman–Crippen MR) is 89.2 cm³/mol. The molecule has 5 heteroatoms. The van der Waals surface area contributed by atoms with E-state index in [1.165, 1.54) is 0 Å². The number of benzene rings is 1. The zero-order valence-electron chi connectivity index (χ0n) is 13.7. The number of aromatic nitrogens is 1. The van der Waals surface area contributed by atoms with Gasteiger partial charge in [-0.1, -0.05) is 24.3 Å². The minimum absolute atomic E-state index is 0.229. The molecule has 1 aromatic heterocycles. The lowest BCUT2D eigenvalue weighted by Gasteiger charge is -2.20. The Hall–Kier alpha value is -2.43. The summed E-state index contributed by atoms with van der Waals surface area (Å²) in [5.74, 6) is -0.337. The third-order valence-corrected chi connectivity index (χ3v) is 3.23. The highest BCUT2D eigenvalue weighted by molar-refractivity contribution is 5.78. The van der Waals surface area contributed by atoms with E-state index in [9.17, 15) is 9.59 Å². The molecular formula is C18H22N2O3. The maximum Gasteiger partial charge on any atom is 0.407 e. The molecule has 0 aliphatic carbocycles. The number of aldehydes is 1. The molecule has 1 N–H and O–H groups in total. The van der Waals surface area contributed by atoms with Crippen molar-refractivity contribution in [2.45, 2.75) is 32.8 Å². The van der Waals surface area contributed by atoms with Crippen molar-refractivity contribution in [1.82, 2.24) is 10.3 Å². The summed E-state index contributed by atoms with van der Waals surface area (Å²) in [5, 5.41) is 3.69. The van der Waals surface area contributed by atoms with Crippen molar-refractivity contribution < 1.29 is 14.3 Å². The normalized spacial score (nSPS) is 12.7. The van der Waals surface area contributed by atoms with Crippen LogP contribution in [0.5, 0.6) is 0 Å². The highest BCUT2D eigenvalue weighted by Crippen LogP contribution is 2.14. The maximum atomic E-state index is 11.6. The third-order valence-electron chi connectivity index (χ3n) is 3.23. The Morgan fingerprint density at radius 2 is 2.00 bits per heavy atom. The van der Waals surface area contributed by atoms with Crippen molar-refractivity contribution in [3.05, 3.63) is 42.1 Å². The highest BCUT2D eigenvalue weighted by atomic mass is 16.6. The standard InChI is InChI=1S/C18H22N2O3/c1-18(2,3)23-17(22)19-11-13(12-21)10-15-9-8-14-6-4-5-7-16(14)20-15/h4-9,12-13H,10-11H2,1-3H3,(H,19,22)/t13-/m0/s1. The molecule has 0 unspecified atom stereocenters. The number of amides is 1. The van der Waals surface area contributed by atoms with Crippen LogP contribution >= 0.6 is 0 Å². The van der Waals surface area contributed by atoms with Crippen LogP contribution < -0.4 is 5.32 Å². The summed E-state index contributed by atoms with van der Waals surface area (Å²) in [6, 6.07) is 11.7. The summed E-state index contributed by atoms with van der Waals surface area (Å²) in [5.41, 5.74) is 1.17. The van der Waals surface area contributed by atoms with Gasteiger partial charge < -0.3 is 14.8 Å². The van der Waals surface area contributed by atoms with Gasteiger partial charge in [0.25, 0.3) is 0 Å². The van der Waals surface area contributed by atoms with Crippen molar-refractivity contribution in [2.75, 3.05) is 6.54 Å². The van der Waals surface area contributed by atoms with E-state index in [2.05, 4.69) is 10.3 Å². The molecule has 0 radical (unpaired) electrons. The molecule has 0 aliphatic rings. The fourth-order valence-electron chi connectivity index (χ4n) is 2.19. The topological polar surface area (TPSA) is 68.3 Å². The van der Waals surface area contributed by atoms with E-state index in [-0.39, 0.29) is 12.5 Å². The second kappa shape index (κ2) is 7.22. The number of alkyl carbamates (subject to hydrolysis) is 1.